The Morgan fingerprint density at radius 2 is 2.10 bits per heavy atom. The fourth-order valence-electron chi connectivity index (χ4n) is 2.45. The van der Waals surface area contributed by atoms with Crippen LogP contribution in [-0.4, -0.2) is 19.0 Å². The van der Waals surface area contributed by atoms with E-state index in [9.17, 15) is 4.79 Å². The van der Waals surface area contributed by atoms with Crippen LogP contribution >= 0.6 is 0 Å². The Bertz CT molecular complexity index is 496. The standard InChI is InChI=1S/C15H23N5O/c1-12(2)11-15(14(16)21,13-7-4-3-5-8-13)18-9-6-10-19-20-17/h3-5,7-8,12,18H,6,9-11H2,1-2H3,(H2,16,21). The molecule has 0 saturated carbocycles. The zero-order chi connectivity index (χ0) is 15.7. The fourth-order valence-corrected chi connectivity index (χ4v) is 2.45. The van der Waals surface area contributed by atoms with Crippen molar-refractivity contribution in [2.45, 2.75) is 32.2 Å². The highest BCUT2D eigenvalue weighted by Crippen LogP contribution is 2.28. The summed E-state index contributed by atoms with van der Waals surface area (Å²) in [6, 6.07) is 9.53. The number of carbonyl (C=O) groups excluding carboxylic acids is 1. The number of hydrogen-bond donors (Lipinski definition) is 2. The number of azide groups is 1. The topological polar surface area (TPSA) is 104 Å². The van der Waals surface area contributed by atoms with E-state index in [1.165, 1.54) is 0 Å². The molecule has 6 nitrogen and oxygen atoms in total. The number of nitrogens with zero attached hydrogens (tertiary/aromatic N) is 3. The molecule has 1 rings (SSSR count). The third-order valence-electron chi connectivity index (χ3n) is 3.33. The first-order chi connectivity index (χ1) is 10.0. The van der Waals surface area contributed by atoms with Gasteiger partial charge in [-0.25, -0.2) is 0 Å². The van der Waals surface area contributed by atoms with E-state index < -0.39 is 5.54 Å². The van der Waals surface area contributed by atoms with Crippen molar-refractivity contribution in [3.8, 4) is 0 Å². The van der Waals surface area contributed by atoms with Gasteiger partial charge in [0.15, 0.2) is 0 Å². The van der Waals surface area contributed by atoms with Crippen LogP contribution in [0, 0.1) is 5.92 Å². The predicted molar refractivity (Wildman–Crippen MR) is 83.4 cm³/mol. The second kappa shape index (κ2) is 8.29. The molecular weight excluding hydrogens is 266 g/mol. The molecule has 1 amide bonds. The third kappa shape index (κ3) is 4.77. The maximum absolute atomic E-state index is 12.2. The van der Waals surface area contributed by atoms with Gasteiger partial charge in [-0.2, -0.15) is 0 Å². The van der Waals surface area contributed by atoms with Crippen LogP contribution < -0.4 is 11.1 Å². The Kier molecular flexibility index (Phi) is 6.72. The van der Waals surface area contributed by atoms with Gasteiger partial charge in [0.25, 0.3) is 0 Å². The molecule has 114 valence electrons. The number of hydrogen-bond acceptors (Lipinski definition) is 3. The van der Waals surface area contributed by atoms with Gasteiger partial charge in [0.1, 0.15) is 5.54 Å². The first-order valence-electron chi connectivity index (χ1n) is 7.14. The van der Waals surface area contributed by atoms with Gasteiger partial charge in [0.2, 0.25) is 5.91 Å². The van der Waals surface area contributed by atoms with Crippen LogP contribution in [0.4, 0.5) is 0 Å². The normalized spacial score (nSPS) is 13.5. The lowest BCUT2D eigenvalue weighted by Crippen LogP contribution is -2.53. The highest BCUT2D eigenvalue weighted by atomic mass is 16.1. The molecule has 0 aliphatic heterocycles. The molecule has 0 spiro atoms. The smallest absolute Gasteiger partial charge is 0.242 e. The Labute approximate surface area is 125 Å². The summed E-state index contributed by atoms with van der Waals surface area (Å²) in [6.45, 7) is 5.07. The van der Waals surface area contributed by atoms with Crippen molar-refractivity contribution >= 4 is 5.91 Å². The summed E-state index contributed by atoms with van der Waals surface area (Å²) < 4.78 is 0. The van der Waals surface area contributed by atoms with Gasteiger partial charge >= 0.3 is 0 Å². The number of primary amides is 1. The maximum atomic E-state index is 12.2. The van der Waals surface area contributed by atoms with E-state index in [0.717, 1.165) is 5.56 Å². The van der Waals surface area contributed by atoms with Crippen LogP contribution in [-0.2, 0) is 10.3 Å². The van der Waals surface area contributed by atoms with E-state index in [1.807, 2.05) is 30.3 Å². The summed E-state index contributed by atoms with van der Waals surface area (Å²) in [6.07, 6.45) is 1.28. The summed E-state index contributed by atoms with van der Waals surface area (Å²) in [5.74, 6) is -0.0754. The molecule has 3 N–H and O–H groups in total. The summed E-state index contributed by atoms with van der Waals surface area (Å²) in [7, 11) is 0. The first-order valence-corrected chi connectivity index (χ1v) is 7.14. The average molecular weight is 289 g/mol. The highest BCUT2D eigenvalue weighted by molar-refractivity contribution is 5.86. The second-order valence-electron chi connectivity index (χ2n) is 5.47. The van der Waals surface area contributed by atoms with Gasteiger partial charge in [-0.1, -0.05) is 49.3 Å². The number of carbonyl (C=O) groups is 1. The number of benzene rings is 1. The summed E-state index contributed by atoms with van der Waals surface area (Å²) in [5, 5.41) is 6.78. The number of nitrogens with two attached hydrogens (primary N) is 1. The molecule has 1 unspecified atom stereocenters. The second-order valence-corrected chi connectivity index (χ2v) is 5.47. The summed E-state index contributed by atoms with van der Waals surface area (Å²) >= 11 is 0. The van der Waals surface area contributed by atoms with Crippen LogP contribution in [0.3, 0.4) is 0 Å². The lowest BCUT2D eigenvalue weighted by atomic mass is 9.81. The Hall–Kier alpha value is -2.04. The molecule has 1 atom stereocenters. The van der Waals surface area contributed by atoms with Crippen LogP contribution in [0.1, 0.15) is 32.3 Å². The molecule has 0 heterocycles. The minimum Gasteiger partial charge on any atom is -0.368 e. The van der Waals surface area contributed by atoms with Crippen molar-refractivity contribution in [3.63, 3.8) is 0 Å². The van der Waals surface area contributed by atoms with E-state index in [4.69, 9.17) is 11.3 Å². The summed E-state index contributed by atoms with van der Waals surface area (Å²) in [4.78, 5) is 14.9. The van der Waals surface area contributed by atoms with Crippen LogP contribution in [0.25, 0.3) is 10.4 Å². The Morgan fingerprint density at radius 1 is 1.43 bits per heavy atom. The molecule has 0 aromatic heterocycles. The molecule has 6 heteroatoms. The lowest BCUT2D eigenvalue weighted by molar-refractivity contribution is -0.125. The van der Waals surface area contributed by atoms with Gasteiger partial charge in [-0.3, -0.25) is 10.1 Å². The minimum atomic E-state index is -0.883. The van der Waals surface area contributed by atoms with Crippen LogP contribution in [0.2, 0.25) is 0 Å². The molecule has 21 heavy (non-hydrogen) atoms. The van der Waals surface area contributed by atoms with Crippen molar-refractivity contribution in [2.24, 2.45) is 16.8 Å². The van der Waals surface area contributed by atoms with Crippen molar-refractivity contribution in [1.82, 2.24) is 5.32 Å². The van der Waals surface area contributed by atoms with Crippen molar-refractivity contribution in [3.05, 3.63) is 46.3 Å². The van der Waals surface area contributed by atoms with Crippen LogP contribution in [0.5, 0.6) is 0 Å². The zero-order valence-corrected chi connectivity index (χ0v) is 12.6. The van der Waals surface area contributed by atoms with Crippen molar-refractivity contribution in [1.29, 1.82) is 0 Å². The third-order valence-corrected chi connectivity index (χ3v) is 3.33. The Morgan fingerprint density at radius 3 is 2.62 bits per heavy atom. The molecule has 0 saturated heterocycles. The highest BCUT2D eigenvalue weighted by Gasteiger charge is 2.38. The molecule has 0 radical (unpaired) electrons. The maximum Gasteiger partial charge on any atom is 0.242 e. The number of amides is 1. The van der Waals surface area contributed by atoms with Crippen molar-refractivity contribution < 1.29 is 4.79 Å². The molecule has 1 aromatic carbocycles. The van der Waals surface area contributed by atoms with Crippen LogP contribution in [0.15, 0.2) is 35.4 Å². The lowest BCUT2D eigenvalue weighted by Gasteiger charge is -2.34. The van der Waals surface area contributed by atoms with E-state index in [1.54, 1.807) is 0 Å². The SMILES string of the molecule is CC(C)CC(NCCCN=[N+]=[N-])(C(N)=O)c1ccccc1. The molecule has 0 aliphatic rings. The van der Waals surface area contributed by atoms with Crippen molar-refractivity contribution in [2.75, 3.05) is 13.1 Å². The monoisotopic (exact) mass is 289 g/mol. The zero-order valence-electron chi connectivity index (χ0n) is 12.6. The van der Waals surface area contributed by atoms with Gasteiger partial charge in [0, 0.05) is 11.5 Å². The predicted octanol–water partition coefficient (Wildman–Crippen LogP) is 2.70. The number of nitrogens with one attached hydrogen (secondary N) is 1. The fraction of sp³-hybridized carbons (Fsp3) is 0.533. The molecule has 0 aliphatic carbocycles. The first kappa shape index (κ1) is 17.0. The molecule has 1 aromatic rings. The van der Waals surface area contributed by atoms with Gasteiger partial charge < -0.3 is 5.73 Å². The minimum absolute atomic E-state index is 0.308. The molecule has 0 bridgehead atoms. The van der Waals surface area contributed by atoms with E-state index in [-0.39, 0.29) is 5.91 Å². The summed E-state index contributed by atoms with van der Waals surface area (Å²) in [5.41, 5.74) is 14.0. The molecular formula is C15H23N5O. The largest absolute Gasteiger partial charge is 0.368 e. The Balaban J connectivity index is 2.96. The number of rotatable bonds is 9. The van der Waals surface area contributed by atoms with Gasteiger partial charge in [0.05, 0.1) is 0 Å². The quantitative estimate of drug-likeness (QED) is 0.316. The van der Waals surface area contributed by atoms with E-state index >= 15 is 0 Å². The molecule has 0 fully saturated rings. The average Bonchev–Trinajstić information content (AvgIpc) is 2.46. The van der Waals surface area contributed by atoms with Gasteiger partial charge in [-0.05, 0) is 36.4 Å². The van der Waals surface area contributed by atoms with E-state index in [2.05, 4.69) is 29.2 Å². The van der Waals surface area contributed by atoms with Gasteiger partial charge in [-0.15, -0.1) is 0 Å². The van der Waals surface area contributed by atoms with E-state index in [0.29, 0.717) is 31.8 Å².